The van der Waals surface area contributed by atoms with Crippen molar-refractivity contribution < 1.29 is 4.79 Å². The number of hydrogen-bond donors (Lipinski definition) is 1. The molecule has 1 amide bonds. The number of rotatable bonds is 5. The first kappa shape index (κ1) is 17.9. The molecule has 0 aliphatic carbocycles. The number of piperazine rings is 1. The molecule has 26 heavy (non-hydrogen) atoms. The fraction of sp³-hybridized carbons (Fsp3) is 0.350. The van der Waals surface area contributed by atoms with Crippen molar-refractivity contribution >= 4 is 11.6 Å². The first-order valence-electron chi connectivity index (χ1n) is 8.90. The number of amides is 1. The molecule has 1 aliphatic rings. The molecule has 3 rings (SSSR count). The Labute approximate surface area is 154 Å². The molecule has 2 aromatic rings. The van der Waals surface area contributed by atoms with Crippen molar-refractivity contribution in [3.63, 3.8) is 0 Å². The first-order valence-corrected chi connectivity index (χ1v) is 8.90. The van der Waals surface area contributed by atoms with E-state index in [-0.39, 0.29) is 5.91 Å². The van der Waals surface area contributed by atoms with Crippen LogP contribution in [0.5, 0.6) is 0 Å². The van der Waals surface area contributed by atoms with Gasteiger partial charge in [0.2, 0.25) is 0 Å². The van der Waals surface area contributed by atoms with Crippen molar-refractivity contribution in [2.75, 3.05) is 37.6 Å². The number of carbonyl (C=O) groups excluding carboxylic acids is 1. The van der Waals surface area contributed by atoms with Gasteiger partial charge in [0.25, 0.3) is 5.91 Å². The van der Waals surface area contributed by atoms with Gasteiger partial charge < -0.3 is 10.2 Å². The van der Waals surface area contributed by atoms with Gasteiger partial charge in [-0.15, -0.1) is 0 Å². The molecular formula is C20H23N5O. The highest BCUT2D eigenvalue weighted by Gasteiger charge is 2.18. The molecule has 134 valence electrons. The molecule has 0 bridgehead atoms. The molecule has 0 unspecified atom stereocenters. The summed E-state index contributed by atoms with van der Waals surface area (Å²) in [5.41, 5.74) is 3.42. The second-order valence-corrected chi connectivity index (χ2v) is 6.33. The number of aromatic nitrogens is 1. The van der Waals surface area contributed by atoms with E-state index < -0.39 is 0 Å². The Morgan fingerprint density at radius 1 is 1.19 bits per heavy atom. The number of pyridine rings is 1. The van der Waals surface area contributed by atoms with E-state index in [1.165, 1.54) is 5.56 Å². The van der Waals surface area contributed by atoms with Crippen LogP contribution in [-0.4, -0.2) is 48.5 Å². The van der Waals surface area contributed by atoms with E-state index in [1.807, 2.05) is 43.3 Å². The van der Waals surface area contributed by atoms with E-state index in [2.05, 4.69) is 26.2 Å². The van der Waals surface area contributed by atoms with Crippen LogP contribution in [0.15, 0.2) is 42.6 Å². The molecule has 6 nitrogen and oxygen atoms in total. The zero-order valence-corrected chi connectivity index (χ0v) is 15.0. The number of nitriles is 1. The lowest BCUT2D eigenvalue weighted by Crippen LogP contribution is -2.46. The summed E-state index contributed by atoms with van der Waals surface area (Å²) < 4.78 is 0. The number of anilines is 1. The number of carbonyl (C=O) groups is 1. The van der Waals surface area contributed by atoms with Crippen LogP contribution in [0.1, 0.15) is 28.5 Å². The molecule has 1 fully saturated rings. The van der Waals surface area contributed by atoms with Gasteiger partial charge in [0.1, 0.15) is 5.69 Å². The third-order valence-electron chi connectivity index (χ3n) is 4.54. The second-order valence-electron chi connectivity index (χ2n) is 6.33. The maximum absolute atomic E-state index is 12.0. The largest absolute Gasteiger partial charge is 0.369 e. The number of hydrogen-bond acceptors (Lipinski definition) is 5. The SMILES string of the molecule is CCNC(=O)c1cc(N2CCN(Cc3ccc(C#N)cc3)CC2)ccn1. The third-order valence-corrected chi connectivity index (χ3v) is 4.54. The lowest BCUT2D eigenvalue weighted by Gasteiger charge is -2.36. The summed E-state index contributed by atoms with van der Waals surface area (Å²) in [5, 5.41) is 11.7. The van der Waals surface area contributed by atoms with Crippen LogP contribution in [0, 0.1) is 11.3 Å². The summed E-state index contributed by atoms with van der Waals surface area (Å²) in [6.45, 7) is 7.12. The van der Waals surface area contributed by atoms with Crippen LogP contribution in [-0.2, 0) is 6.54 Å². The zero-order valence-electron chi connectivity index (χ0n) is 15.0. The van der Waals surface area contributed by atoms with E-state index in [4.69, 9.17) is 5.26 Å². The molecular weight excluding hydrogens is 326 g/mol. The van der Waals surface area contributed by atoms with Gasteiger partial charge in [-0.2, -0.15) is 5.26 Å². The van der Waals surface area contributed by atoms with Crippen LogP contribution in [0.2, 0.25) is 0 Å². The molecule has 0 spiro atoms. The summed E-state index contributed by atoms with van der Waals surface area (Å²) in [5.74, 6) is -0.131. The third kappa shape index (κ3) is 4.38. The number of nitrogens with one attached hydrogen (secondary N) is 1. The lowest BCUT2D eigenvalue weighted by molar-refractivity contribution is 0.0951. The van der Waals surface area contributed by atoms with Crippen molar-refractivity contribution in [3.8, 4) is 6.07 Å². The predicted molar refractivity (Wildman–Crippen MR) is 101 cm³/mol. The normalized spacial score (nSPS) is 14.7. The summed E-state index contributed by atoms with van der Waals surface area (Å²) in [6.07, 6.45) is 1.70. The van der Waals surface area contributed by atoms with E-state index >= 15 is 0 Å². The highest BCUT2D eigenvalue weighted by Crippen LogP contribution is 2.18. The van der Waals surface area contributed by atoms with Crippen molar-refractivity contribution in [1.29, 1.82) is 5.26 Å². The summed E-state index contributed by atoms with van der Waals surface area (Å²) in [7, 11) is 0. The number of benzene rings is 1. The fourth-order valence-electron chi connectivity index (χ4n) is 3.10. The van der Waals surface area contributed by atoms with Crippen molar-refractivity contribution in [2.45, 2.75) is 13.5 Å². The van der Waals surface area contributed by atoms with Gasteiger partial charge in [0.05, 0.1) is 11.6 Å². The molecule has 1 aliphatic heterocycles. The van der Waals surface area contributed by atoms with E-state index in [9.17, 15) is 4.79 Å². The molecule has 0 atom stereocenters. The van der Waals surface area contributed by atoms with Gasteiger partial charge in [-0.05, 0) is 36.8 Å². The standard InChI is InChI=1S/C20H23N5O/c1-2-22-20(26)19-13-18(7-8-23-19)25-11-9-24(10-12-25)15-17-5-3-16(14-21)4-6-17/h3-8,13H,2,9-12,15H2,1H3,(H,22,26). The first-order chi connectivity index (χ1) is 12.7. The minimum absolute atomic E-state index is 0.131. The quantitative estimate of drug-likeness (QED) is 0.894. The zero-order chi connectivity index (χ0) is 18.4. The highest BCUT2D eigenvalue weighted by molar-refractivity contribution is 5.93. The predicted octanol–water partition coefficient (Wildman–Crippen LogP) is 2.03. The van der Waals surface area contributed by atoms with Gasteiger partial charge >= 0.3 is 0 Å². The second kappa shape index (κ2) is 8.45. The summed E-state index contributed by atoms with van der Waals surface area (Å²) >= 11 is 0. The van der Waals surface area contributed by atoms with E-state index in [1.54, 1.807) is 6.20 Å². The van der Waals surface area contributed by atoms with Gasteiger partial charge in [0.15, 0.2) is 0 Å². The number of nitrogens with zero attached hydrogens (tertiary/aromatic N) is 4. The Kier molecular flexibility index (Phi) is 5.82. The minimum Gasteiger partial charge on any atom is -0.369 e. The molecule has 0 radical (unpaired) electrons. The molecule has 1 aromatic carbocycles. The maximum Gasteiger partial charge on any atom is 0.269 e. The highest BCUT2D eigenvalue weighted by atomic mass is 16.1. The van der Waals surface area contributed by atoms with Gasteiger partial charge in [-0.1, -0.05) is 12.1 Å². The van der Waals surface area contributed by atoms with Crippen molar-refractivity contribution in [2.24, 2.45) is 0 Å². The molecule has 1 saturated heterocycles. The van der Waals surface area contributed by atoms with Crippen LogP contribution in [0.4, 0.5) is 5.69 Å². The average molecular weight is 349 g/mol. The molecule has 0 saturated carbocycles. The van der Waals surface area contributed by atoms with Crippen molar-refractivity contribution in [1.82, 2.24) is 15.2 Å². The Morgan fingerprint density at radius 2 is 1.92 bits per heavy atom. The smallest absolute Gasteiger partial charge is 0.269 e. The van der Waals surface area contributed by atoms with Crippen LogP contribution in [0.25, 0.3) is 0 Å². The Balaban J connectivity index is 1.57. The topological polar surface area (TPSA) is 72.3 Å². The molecule has 1 N–H and O–H groups in total. The monoisotopic (exact) mass is 349 g/mol. The summed E-state index contributed by atoms with van der Waals surface area (Å²) in [6, 6.07) is 13.7. The van der Waals surface area contributed by atoms with Crippen LogP contribution in [0.3, 0.4) is 0 Å². The Bertz CT molecular complexity index is 789. The fourth-order valence-corrected chi connectivity index (χ4v) is 3.10. The summed E-state index contributed by atoms with van der Waals surface area (Å²) in [4.78, 5) is 20.8. The molecule has 1 aromatic heterocycles. The maximum atomic E-state index is 12.0. The molecule has 2 heterocycles. The van der Waals surface area contributed by atoms with E-state index in [0.29, 0.717) is 17.8 Å². The average Bonchev–Trinajstić information content (AvgIpc) is 2.69. The van der Waals surface area contributed by atoms with Gasteiger partial charge in [-0.3, -0.25) is 14.7 Å². The Hall–Kier alpha value is -2.91. The van der Waals surface area contributed by atoms with Crippen LogP contribution < -0.4 is 10.2 Å². The Morgan fingerprint density at radius 3 is 2.58 bits per heavy atom. The van der Waals surface area contributed by atoms with Crippen molar-refractivity contribution in [3.05, 3.63) is 59.4 Å². The van der Waals surface area contributed by atoms with E-state index in [0.717, 1.165) is 38.4 Å². The molecule has 6 heteroatoms. The van der Waals surface area contributed by atoms with Gasteiger partial charge in [0, 0.05) is 51.2 Å². The van der Waals surface area contributed by atoms with Gasteiger partial charge in [-0.25, -0.2) is 0 Å². The minimum atomic E-state index is -0.131. The van der Waals surface area contributed by atoms with Crippen LogP contribution >= 0.6 is 0 Å². The lowest BCUT2D eigenvalue weighted by atomic mass is 10.1.